The van der Waals surface area contributed by atoms with Crippen molar-refractivity contribution in [2.24, 2.45) is 0 Å². The maximum Gasteiger partial charge on any atom is 1.00 e. The number of unbranched alkanes of at least 4 members (excludes halogenated alkanes) is 9. The Morgan fingerprint density at radius 2 is 1.14 bits per heavy atom. The molecule has 0 fully saturated rings. The predicted octanol–water partition coefficient (Wildman–Crippen LogP) is -0.0268. The van der Waals surface area contributed by atoms with E-state index in [9.17, 15) is 0 Å². The molecule has 4 nitrogen and oxygen atoms in total. The van der Waals surface area contributed by atoms with E-state index in [1.54, 1.807) is 0 Å². The summed E-state index contributed by atoms with van der Waals surface area (Å²) in [4.78, 5) is 0. The molecular formula is C22H32Na2O4S. The molecule has 0 atom stereocenters. The number of hydrogen-bond donors (Lipinski definition) is 0. The second-order valence-corrected chi connectivity index (χ2v) is 7.79. The van der Waals surface area contributed by atoms with Crippen LogP contribution in [0.1, 0.15) is 76.7 Å². The van der Waals surface area contributed by atoms with Crippen molar-refractivity contribution in [3.63, 3.8) is 0 Å². The largest absolute Gasteiger partial charge is 1.00 e. The van der Waals surface area contributed by atoms with Crippen LogP contribution in [0.25, 0.3) is 10.8 Å². The van der Waals surface area contributed by atoms with Crippen LogP contribution in [-0.4, -0.2) is 17.5 Å². The van der Waals surface area contributed by atoms with Gasteiger partial charge < -0.3 is 9.11 Å². The first-order chi connectivity index (χ1) is 12.9. The quantitative estimate of drug-likeness (QED) is 0.214. The minimum absolute atomic E-state index is 0. The molecule has 152 valence electrons. The second kappa shape index (κ2) is 19.3. The minimum atomic E-state index is -5.17. The molecule has 0 radical (unpaired) electrons. The molecule has 0 unspecified atom stereocenters. The molecule has 0 heterocycles. The molecule has 0 aliphatic carbocycles. The molecule has 2 aromatic rings. The molecule has 0 bridgehead atoms. The van der Waals surface area contributed by atoms with Gasteiger partial charge in [0.05, 0.1) is 0 Å². The van der Waals surface area contributed by atoms with Crippen molar-refractivity contribution in [3.05, 3.63) is 48.0 Å². The van der Waals surface area contributed by atoms with Crippen LogP contribution in [0.15, 0.2) is 42.5 Å². The van der Waals surface area contributed by atoms with Crippen molar-refractivity contribution >= 4 is 21.2 Å². The van der Waals surface area contributed by atoms with E-state index in [2.05, 4.69) is 49.4 Å². The van der Waals surface area contributed by atoms with E-state index in [0.29, 0.717) is 0 Å². The Labute approximate surface area is 221 Å². The van der Waals surface area contributed by atoms with E-state index in [1.165, 1.54) is 87.0 Å². The Kier molecular flexibility index (Phi) is 21.1. The minimum Gasteiger partial charge on any atom is -0.759 e. The zero-order chi connectivity index (χ0) is 20.0. The predicted molar refractivity (Wildman–Crippen MR) is 110 cm³/mol. The second-order valence-electron chi connectivity index (χ2n) is 6.98. The number of rotatable bonds is 11. The fraction of sp³-hybridized carbons (Fsp3) is 0.545. The molecule has 0 aliphatic heterocycles. The van der Waals surface area contributed by atoms with Crippen LogP contribution in [0.3, 0.4) is 0 Å². The molecule has 0 spiro atoms. The van der Waals surface area contributed by atoms with Gasteiger partial charge in [0.15, 0.2) is 0 Å². The van der Waals surface area contributed by atoms with E-state index < -0.39 is 10.4 Å². The fourth-order valence-corrected chi connectivity index (χ4v) is 3.31. The summed E-state index contributed by atoms with van der Waals surface area (Å²) in [6.45, 7) is 2.29. The van der Waals surface area contributed by atoms with E-state index in [1.807, 2.05) is 0 Å². The molecular weight excluding hydrogens is 406 g/mol. The number of hydrogen-bond acceptors (Lipinski definition) is 4. The summed E-state index contributed by atoms with van der Waals surface area (Å²) in [7, 11) is -5.17. The summed E-state index contributed by atoms with van der Waals surface area (Å²) in [6.07, 6.45) is 15.4. The smallest absolute Gasteiger partial charge is 0.759 e. The summed E-state index contributed by atoms with van der Waals surface area (Å²) in [5.74, 6) is 0. The summed E-state index contributed by atoms with van der Waals surface area (Å²) in [6, 6.07) is 15.5. The first-order valence-corrected chi connectivity index (χ1v) is 11.4. The van der Waals surface area contributed by atoms with Crippen LogP contribution in [-0.2, 0) is 16.8 Å². The van der Waals surface area contributed by atoms with Gasteiger partial charge in [0.2, 0.25) is 0 Å². The van der Waals surface area contributed by atoms with Crippen LogP contribution < -0.4 is 59.1 Å². The van der Waals surface area contributed by atoms with Crippen molar-refractivity contribution < 1.29 is 76.6 Å². The van der Waals surface area contributed by atoms with Crippen molar-refractivity contribution in [1.82, 2.24) is 0 Å². The van der Waals surface area contributed by atoms with Gasteiger partial charge in [-0.3, -0.25) is 8.42 Å². The number of benzene rings is 2. The Morgan fingerprint density at radius 1 is 0.690 bits per heavy atom. The van der Waals surface area contributed by atoms with Gasteiger partial charge in [-0.05, 0) is 29.2 Å². The average Bonchev–Trinajstić information content (AvgIpc) is 2.62. The first kappa shape index (κ1) is 31.8. The third kappa shape index (κ3) is 17.9. The van der Waals surface area contributed by atoms with Crippen molar-refractivity contribution in [3.8, 4) is 0 Å². The van der Waals surface area contributed by atoms with Crippen LogP contribution >= 0.6 is 0 Å². The standard InChI is InChI=1S/C22H32.2Na.H2O4S/c1-2-3-4-5-6-7-8-9-10-11-15-20-17-14-18-21-16-12-13-19-22(20)21;;;1-5(2,3)4/h12-14,16-19H,2-11,15H2,1H3;;;(H2,1,2,3,4)/q;2*+1;/p-2. The molecule has 2 aromatic carbocycles. The van der Waals surface area contributed by atoms with E-state index in [0.717, 1.165) is 0 Å². The monoisotopic (exact) mass is 438 g/mol. The van der Waals surface area contributed by atoms with E-state index >= 15 is 0 Å². The maximum atomic E-state index is 8.52. The third-order valence-electron chi connectivity index (χ3n) is 4.68. The van der Waals surface area contributed by atoms with Crippen molar-refractivity contribution in [2.75, 3.05) is 0 Å². The SMILES string of the molecule is CCCCCCCCCCCCc1cccc2ccccc12.O=S(=O)([O-])[O-].[Na+].[Na+]. The zero-order valence-electron chi connectivity index (χ0n) is 18.4. The summed E-state index contributed by atoms with van der Waals surface area (Å²) >= 11 is 0. The Morgan fingerprint density at radius 3 is 1.69 bits per heavy atom. The molecule has 2 rings (SSSR count). The fourth-order valence-electron chi connectivity index (χ4n) is 3.31. The molecule has 29 heavy (non-hydrogen) atoms. The Bertz CT molecular complexity index is 738. The van der Waals surface area contributed by atoms with Gasteiger partial charge in [-0.15, -0.1) is 0 Å². The molecule has 0 aromatic heterocycles. The molecule has 7 heteroatoms. The van der Waals surface area contributed by atoms with Gasteiger partial charge in [0.25, 0.3) is 0 Å². The molecule has 0 saturated carbocycles. The van der Waals surface area contributed by atoms with Gasteiger partial charge in [0, 0.05) is 10.4 Å². The number of fused-ring (bicyclic) bond motifs is 1. The topological polar surface area (TPSA) is 80.3 Å². The Hall–Kier alpha value is 0.570. The summed E-state index contributed by atoms with van der Waals surface area (Å²) in [5, 5.41) is 2.83. The van der Waals surface area contributed by atoms with Crippen LogP contribution in [0.4, 0.5) is 0 Å². The maximum absolute atomic E-state index is 8.52. The van der Waals surface area contributed by atoms with Gasteiger partial charge in [0.1, 0.15) is 0 Å². The Balaban J connectivity index is 0. The van der Waals surface area contributed by atoms with Crippen molar-refractivity contribution in [2.45, 2.75) is 77.6 Å². The first-order valence-electron chi connectivity index (χ1n) is 10.0. The molecule has 0 saturated heterocycles. The van der Waals surface area contributed by atoms with Crippen LogP contribution in [0, 0.1) is 0 Å². The average molecular weight is 439 g/mol. The zero-order valence-corrected chi connectivity index (χ0v) is 23.2. The molecule has 0 amide bonds. The van der Waals surface area contributed by atoms with Gasteiger partial charge >= 0.3 is 59.1 Å². The molecule has 0 aliphatic rings. The van der Waals surface area contributed by atoms with Gasteiger partial charge in [-0.25, -0.2) is 0 Å². The summed E-state index contributed by atoms with van der Waals surface area (Å²) in [5.41, 5.74) is 1.53. The summed E-state index contributed by atoms with van der Waals surface area (Å²) < 4.78 is 34.1. The van der Waals surface area contributed by atoms with Crippen LogP contribution in [0.5, 0.6) is 0 Å². The van der Waals surface area contributed by atoms with Crippen LogP contribution in [0.2, 0.25) is 0 Å². The molecule has 0 N–H and O–H groups in total. The van der Waals surface area contributed by atoms with Gasteiger partial charge in [-0.1, -0.05) is 107 Å². The van der Waals surface area contributed by atoms with Gasteiger partial charge in [-0.2, -0.15) is 0 Å². The van der Waals surface area contributed by atoms with E-state index in [-0.39, 0.29) is 59.1 Å². The normalized spacial score (nSPS) is 10.4. The van der Waals surface area contributed by atoms with E-state index in [4.69, 9.17) is 17.5 Å². The number of aryl methyl sites for hydroxylation is 1. The third-order valence-corrected chi connectivity index (χ3v) is 4.68. The van der Waals surface area contributed by atoms with Crippen molar-refractivity contribution in [1.29, 1.82) is 0 Å².